The van der Waals surface area contributed by atoms with Crippen LogP contribution in [-0.4, -0.2) is 37.1 Å². The zero-order valence-corrected chi connectivity index (χ0v) is 12.0. The molecule has 0 unspecified atom stereocenters. The molecule has 1 amide bonds. The van der Waals surface area contributed by atoms with Crippen LogP contribution in [0.2, 0.25) is 0 Å². The summed E-state index contributed by atoms with van der Waals surface area (Å²) < 4.78 is 10.1. The average molecular weight is 283 g/mol. The molecule has 0 radical (unpaired) electrons. The van der Waals surface area contributed by atoms with Crippen molar-refractivity contribution in [2.45, 2.75) is 13.0 Å². The van der Waals surface area contributed by atoms with Crippen molar-refractivity contribution in [1.82, 2.24) is 0 Å². The van der Waals surface area contributed by atoms with Crippen LogP contribution in [0.15, 0.2) is 24.3 Å². The lowest BCUT2D eigenvalue weighted by atomic mass is 10.2. The minimum absolute atomic E-state index is 0.228. The molecule has 104 valence electrons. The van der Waals surface area contributed by atoms with Gasteiger partial charge in [-0.05, 0) is 25.3 Å². The van der Waals surface area contributed by atoms with Crippen LogP contribution in [0.3, 0.4) is 0 Å². The van der Waals surface area contributed by atoms with Crippen LogP contribution in [0.5, 0.6) is 5.75 Å². The summed E-state index contributed by atoms with van der Waals surface area (Å²) in [6.45, 7) is 1.53. The van der Waals surface area contributed by atoms with Crippen molar-refractivity contribution in [2.75, 3.05) is 24.4 Å². The van der Waals surface area contributed by atoms with Gasteiger partial charge in [0.1, 0.15) is 5.75 Å². The predicted octanol–water partition coefficient (Wildman–Crippen LogP) is 1.93. The number of amides is 1. The fourth-order valence-electron chi connectivity index (χ4n) is 1.38. The van der Waals surface area contributed by atoms with E-state index in [0.29, 0.717) is 11.4 Å². The number of ether oxygens (including phenoxy) is 2. The van der Waals surface area contributed by atoms with Gasteiger partial charge in [0.25, 0.3) is 5.91 Å². The summed E-state index contributed by atoms with van der Waals surface area (Å²) in [6, 6.07) is 7.03. The number of thioether (sulfide) groups is 1. The highest BCUT2D eigenvalue weighted by atomic mass is 32.2. The summed E-state index contributed by atoms with van der Waals surface area (Å²) in [5, 5.41) is 2.66. The smallest absolute Gasteiger partial charge is 0.316 e. The Morgan fingerprint density at radius 2 is 2.05 bits per heavy atom. The second-order valence-corrected chi connectivity index (χ2v) is 4.62. The quantitative estimate of drug-likeness (QED) is 0.808. The Hall–Kier alpha value is -1.69. The van der Waals surface area contributed by atoms with E-state index in [9.17, 15) is 9.59 Å². The first-order valence-electron chi connectivity index (χ1n) is 5.70. The largest absolute Gasteiger partial charge is 0.495 e. The molecule has 0 bridgehead atoms. The van der Waals surface area contributed by atoms with E-state index in [1.807, 2.05) is 0 Å². The standard InChI is InChI=1S/C13H17NO4S/c1-9(18-12(15)8-19-3)13(16)14-10-6-4-5-7-11(10)17-2/h4-7,9H,8H2,1-3H3,(H,14,16)/t9-/m1/s1. The number of nitrogens with one attached hydrogen (secondary N) is 1. The van der Waals surface area contributed by atoms with E-state index < -0.39 is 12.1 Å². The molecule has 0 saturated heterocycles. The highest BCUT2D eigenvalue weighted by Crippen LogP contribution is 2.23. The molecule has 0 aliphatic carbocycles. The van der Waals surface area contributed by atoms with Gasteiger partial charge in [-0.3, -0.25) is 9.59 Å². The first-order valence-corrected chi connectivity index (χ1v) is 7.10. The van der Waals surface area contributed by atoms with Gasteiger partial charge in [0.2, 0.25) is 0 Å². The van der Waals surface area contributed by atoms with E-state index >= 15 is 0 Å². The number of benzene rings is 1. The number of carbonyl (C=O) groups is 2. The van der Waals surface area contributed by atoms with Crippen molar-refractivity contribution in [3.63, 3.8) is 0 Å². The number of carbonyl (C=O) groups excluding carboxylic acids is 2. The molecule has 0 aliphatic heterocycles. The lowest BCUT2D eigenvalue weighted by Gasteiger charge is -2.14. The number of rotatable bonds is 6. The molecular weight excluding hydrogens is 266 g/mol. The van der Waals surface area contributed by atoms with E-state index in [2.05, 4.69) is 5.32 Å². The Morgan fingerprint density at radius 3 is 2.68 bits per heavy atom. The van der Waals surface area contributed by atoms with Gasteiger partial charge in [0.05, 0.1) is 18.6 Å². The third-order valence-electron chi connectivity index (χ3n) is 2.30. The Kier molecular flexibility index (Phi) is 6.21. The number of anilines is 1. The zero-order chi connectivity index (χ0) is 14.3. The summed E-state index contributed by atoms with van der Waals surface area (Å²) >= 11 is 1.35. The SMILES string of the molecule is COc1ccccc1NC(=O)[C@@H](C)OC(=O)CSC. The summed E-state index contributed by atoms with van der Waals surface area (Å²) in [7, 11) is 1.52. The number of hydrogen-bond donors (Lipinski definition) is 1. The van der Waals surface area contributed by atoms with E-state index in [-0.39, 0.29) is 11.7 Å². The fraction of sp³-hybridized carbons (Fsp3) is 0.385. The van der Waals surface area contributed by atoms with Crippen LogP contribution >= 0.6 is 11.8 Å². The Morgan fingerprint density at radius 1 is 1.37 bits per heavy atom. The van der Waals surface area contributed by atoms with Crippen LogP contribution in [0.4, 0.5) is 5.69 Å². The first-order chi connectivity index (χ1) is 9.08. The van der Waals surface area contributed by atoms with Crippen molar-refractivity contribution >= 4 is 29.3 Å². The topological polar surface area (TPSA) is 64.6 Å². The number of methoxy groups -OCH3 is 1. The average Bonchev–Trinajstić information content (AvgIpc) is 2.39. The van der Waals surface area contributed by atoms with Gasteiger partial charge in [-0.1, -0.05) is 12.1 Å². The molecular formula is C13H17NO4S. The van der Waals surface area contributed by atoms with E-state index in [1.165, 1.54) is 25.8 Å². The molecule has 19 heavy (non-hydrogen) atoms. The lowest BCUT2D eigenvalue weighted by Crippen LogP contribution is -2.30. The highest BCUT2D eigenvalue weighted by molar-refractivity contribution is 7.99. The van der Waals surface area contributed by atoms with Crippen LogP contribution in [-0.2, 0) is 14.3 Å². The van der Waals surface area contributed by atoms with Crippen molar-refractivity contribution in [2.24, 2.45) is 0 Å². The third kappa shape index (κ3) is 4.82. The van der Waals surface area contributed by atoms with E-state index in [0.717, 1.165) is 0 Å². The predicted molar refractivity (Wildman–Crippen MR) is 75.6 cm³/mol. The number of esters is 1. The molecule has 1 atom stereocenters. The van der Waals surface area contributed by atoms with Gasteiger partial charge >= 0.3 is 5.97 Å². The van der Waals surface area contributed by atoms with Gasteiger partial charge in [-0.25, -0.2) is 0 Å². The van der Waals surface area contributed by atoms with Gasteiger partial charge in [-0.15, -0.1) is 0 Å². The van der Waals surface area contributed by atoms with Gasteiger partial charge in [0.15, 0.2) is 6.10 Å². The molecule has 0 aliphatic rings. The van der Waals surface area contributed by atoms with Crippen molar-refractivity contribution in [1.29, 1.82) is 0 Å². The minimum Gasteiger partial charge on any atom is -0.495 e. The van der Waals surface area contributed by atoms with E-state index in [1.54, 1.807) is 30.5 Å². The highest BCUT2D eigenvalue weighted by Gasteiger charge is 2.18. The Balaban J connectivity index is 2.61. The van der Waals surface area contributed by atoms with Gasteiger partial charge in [-0.2, -0.15) is 11.8 Å². The van der Waals surface area contributed by atoms with Crippen molar-refractivity contribution < 1.29 is 19.1 Å². The molecule has 0 fully saturated rings. The summed E-state index contributed by atoms with van der Waals surface area (Å²) in [5.41, 5.74) is 0.544. The number of para-hydroxylation sites is 2. The monoisotopic (exact) mass is 283 g/mol. The second kappa shape index (κ2) is 7.68. The summed E-state index contributed by atoms with van der Waals surface area (Å²) in [4.78, 5) is 23.2. The zero-order valence-electron chi connectivity index (χ0n) is 11.1. The maximum Gasteiger partial charge on any atom is 0.316 e. The molecule has 1 aromatic rings. The van der Waals surface area contributed by atoms with Crippen LogP contribution in [0.25, 0.3) is 0 Å². The molecule has 0 spiro atoms. The molecule has 1 rings (SSSR count). The third-order valence-corrected chi connectivity index (χ3v) is 2.83. The van der Waals surface area contributed by atoms with Crippen molar-refractivity contribution in [3.8, 4) is 5.75 Å². The maximum absolute atomic E-state index is 11.9. The van der Waals surface area contributed by atoms with Gasteiger partial charge < -0.3 is 14.8 Å². The minimum atomic E-state index is -0.843. The Labute approximate surface area is 116 Å². The summed E-state index contributed by atoms with van der Waals surface area (Å²) in [5.74, 6) is -0.0145. The molecule has 1 N–H and O–H groups in total. The molecule has 0 saturated carbocycles. The molecule has 1 aromatic carbocycles. The van der Waals surface area contributed by atoms with Crippen LogP contribution < -0.4 is 10.1 Å². The van der Waals surface area contributed by atoms with Crippen molar-refractivity contribution in [3.05, 3.63) is 24.3 Å². The second-order valence-electron chi connectivity index (χ2n) is 3.75. The molecule has 0 heterocycles. The molecule has 5 nitrogen and oxygen atoms in total. The summed E-state index contributed by atoms with van der Waals surface area (Å²) in [6.07, 6.45) is 0.949. The Bertz CT molecular complexity index is 450. The first kappa shape index (κ1) is 15.4. The normalized spacial score (nSPS) is 11.5. The van der Waals surface area contributed by atoms with E-state index in [4.69, 9.17) is 9.47 Å². The van der Waals surface area contributed by atoms with Crippen LogP contribution in [0, 0.1) is 0 Å². The fourth-order valence-corrected chi connectivity index (χ4v) is 1.69. The maximum atomic E-state index is 11.9. The molecule has 6 heteroatoms. The number of hydrogen-bond acceptors (Lipinski definition) is 5. The van der Waals surface area contributed by atoms with Crippen LogP contribution in [0.1, 0.15) is 6.92 Å². The molecule has 0 aromatic heterocycles. The van der Waals surface area contributed by atoms with Gasteiger partial charge in [0, 0.05) is 0 Å². The lowest BCUT2D eigenvalue weighted by molar-refractivity contribution is -0.150.